The van der Waals surface area contributed by atoms with Crippen LogP contribution in [0, 0.1) is 11.3 Å². The van der Waals surface area contributed by atoms with Crippen LogP contribution in [0.2, 0.25) is 0 Å². The first-order valence-corrected chi connectivity index (χ1v) is 7.17. The molecular formula is C15H20O4. The quantitative estimate of drug-likeness (QED) is 0.410. The zero-order valence-corrected chi connectivity index (χ0v) is 11.3. The Labute approximate surface area is 112 Å². The van der Waals surface area contributed by atoms with Gasteiger partial charge in [0.25, 0.3) is 0 Å². The molecule has 4 rings (SSSR count). The Balaban J connectivity index is 1.76. The molecule has 104 valence electrons. The lowest BCUT2D eigenvalue weighted by atomic mass is 9.50. The minimum Gasteiger partial charge on any atom is -0.458 e. The van der Waals surface area contributed by atoms with E-state index >= 15 is 0 Å². The molecule has 2 heterocycles. The molecule has 1 N–H and O–H groups in total. The number of epoxide rings is 1. The summed E-state index contributed by atoms with van der Waals surface area (Å²) in [5.41, 5.74) is -0.886. The van der Waals surface area contributed by atoms with E-state index in [-0.39, 0.29) is 29.0 Å². The molecule has 0 unspecified atom stereocenters. The molecule has 0 amide bonds. The maximum Gasteiger partial charge on any atom is 0.334 e. The van der Waals surface area contributed by atoms with E-state index in [0.717, 1.165) is 25.7 Å². The largest absolute Gasteiger partial charge is 0.458 e. The van der Waals surface area contributed by atoms with Crippen LogP contribution < -0.4 is 0 Å². The summed E-state index contributed by atoms with van der Waals surface area (Å²) in [6.45, 7) is 6.63. The van der Waals surface area contributed by atoms with Crippen molar-refractivity contribution in [3.63, 3.8) is 0 Å². The number of fused-ring (bicyclic) bond motifs is 3. The van der Waals surface area contributed by atoms with Gasteiger partial charge >= 0.3 is 5.97 Å². The fourth-order valence-corrected chi connectivity index (χ4v) is 4.77. The highest BCUT2D eigenvalue weighted by Crippen LogP contribution is 2.64. The lowest BCUT2D eigenvalue weighted by molar-refractivity contribution is -0.204. The van der Waals surface area contributed by atoms with Gasteiger partial charge in [0.1, 0.15) is 17.3 Å². The molecule has 4 heteroatoms. The average Bonchev–Trinajstić information content (AvgIpc) is 3.07. The normalized spacial score (nSPS) is 55.7. The molecule has 2 aliphatic heterocycles. The summed E-state index contributed by atoms with van der Waals surface area (Å²) in [7, 11) is 0. The van der Waals surface area contributed by atoms with Gasteiger partial charge < -0.3 is 14.6 Å². The SMILES string of the molecule is C=C1C(=O)O[C@@H]2C[C@@]3(C)CCC[C@]4(CO4)[C@]3(O)C[C@H]12. The highest BCUT2D eigenvalue weighted by Gasteiger charge is 2.73. The predicted octanol–water partition coefficient (Wildman–Crippen LogP) is 1.57. The highest BCUT2D eigenvalue weighted by atomic mass is 16.6. The fourth-order valence-electron chi connectivity index (χ4n) is 4.77. The van der Waals surface area contributed by atoms with E-state index in [9.17, 15) is 9.90 Å². The van der Waals surface area contributed by atoms with Crippen molar-refractivity contribution in [1.29, 1.82) is 0 Å². The Morgan fingerprint density at radius 2 is 2.11 bits per heavy atom. The molecule has 0 aromatic carbocycles. The van der Waals surface area contributed by atoms with E-state index in [1.165, 1.54) is 0 Å². The first-order valence-electron chi connectivity index (χ1n) is 7.17. The van der Waals surface area contributed by atoms with Crippen molar-refractivity contribution in [3.05, 3.63) is 12.2 Å². The average molecular weight is 264 g/mol. The second kappa shape index (κ2) is 3.23. The Morgan fingerprint density at radius 3 is 2.79 bits per heavy atom. The molecule has 0 bridgehead atoms. The number of ether oxygens (including phenoxy) is 2. The van der Waals surface area contributed by atoms with E-state index in [1.807, 2.05) is 0 Å². The van der Waals surface area contributed by atoms with Crippen LogP contribution in [0.3, 0.4) is 0 Å². The van der Waals surface area contributed by atoms with Crippen LogP contribution in [0.5, 0.6) is 0 Å². The van der Waals surface area contributed by atoms with Gasteiger partial charge in [0.15, 0.2) is 0 Å². The van der Waals surface area contributed by atoms with E-state index in [4.69, 9.17) is 9.47 Å². The number of carbonyl (C=O) groups is 1. The Morgan fingerprint density at radius 1 is 1.37 bits per heavy atom. The van der Waals surface area contributed by atoms with Gasteiger partial charge in [-0.3, -0.25) is 0 Å². The van der Waals surface area contributed by atoms with Crippen LogP contribution >= 0.6 is 0 Å². The topological polar surface area (TPSA) is 59.1 Å². The van der Waals surface area contributed by atoms with E-state index in [1.54, 1.807) is 0 Å². The van der Waals surface area contributed by atoms with Crippen LogP contribution in [0.4, 0.5) is 0 Å². The molecule has 19 heavy (non-hydrogen) atoms. The number of esters is 1. The van der Waals surface area contributed by atoms with Gasteiger partial charge in [-0.05, 0) is 32.1 Å². The second-order valence-corrected chi connectivity index (χ2v) is 7.04. The Kier molecular flexibility index (Phi) is 2.03. The van der Waals surface area contributed by atoms with E-state index in [2.05, 4.69) is 13.5 Å². The number of hydrogen-bond acceptors (Lipinski definition) is 4. The molecule has 0 radical (unpaired) electrons. The van der Waals surface area contributed by atoms with Crippen molar-refractivity contribution < 1.29 is 19.4 Å². The van der Waals surface area contributed by atoms with Crippen LogP contribution in [-0.2, 0) is 14.3 Å². The van der Waals surface area contributed by atoms with Crippen molar-refractivity contribution in [2.75, 3.05) is 6.61 Å². The van der Waals surface area contributed by atoms with Crippen LogP contribution in [0.1, 0.15) is 39.0 Å². The highest BCUT2D eigenvalue weighted by molar-refractivity contribution is 5.90. The standard InChI is InChI=1S/C15H20O4/c1-9-10-6-15(17)13(2,7-11(10)19-12(9)16)4-3-5-14(15)8-18-14/h10-11,17H,1,3-8H2,2H3/t10-,11-,13-,14+,15+/m1/s1. The van der Waals surface area contributed by atoms with Gasteiger partial charge in [-0.25, -0.2) is 4.79 Å². The van der Waals surface area contributed by atoms with Crippen LogP contribution in [-0.4, -0.2) is 35.0 Å². The third-order valence-electron chi connectivity index (χ3n) is 6.14. The molecule has 5 atom stereocenters. The first kappa shape index (κ1) is 11.9. The van der Waals surface area contributed by atoms with Gasteiger partial charge in [-0.1, -0.05) is 13.5 Å². The summed E-state index contributed by atoms with van der Waals surface area (Å²) in [6.07, 6.45) is 4.16. The summed E-state index contributed by atoms with van der Waals surface area (Å²) >= 11 is 0. The third kappa shape index (κ3) is 1.24. The van der Waals surface area contributed by atoms with Crippen LogP contribution in [0.15, 0.2) is 12.2 Å². The smallest absolute Gasteiger partial charge is 0.334 e. The van der Waals surface area contributed by atoms with Crippen molar-refractivity contribution in [2.24, 2.45) is 11.3 Å². The molecule has 0 aromatic rings. The van der Waals surface area contributed by atoms with Crippen molar-refractivity contribution in [1.82, 2.24) is 0 Å². The Bertz CT molecular complexity index is 481. The van der Waals surface area contributed by atoms with Crippen molar-refractivity contribution in [3.8, 4) is 0 Å². The van der Waals surface area contributed by atoms with Gasteiger partial charge in [-0.15, -0.1) is 0 Å². The summed E-state index contributed by atoms with van der Waals surface area (Å²) in [6, 6.07) is 0. The molecule has 4 aliphatic rings. The molecule has 2 aliphatic carbocycles. The lowest BCUT2D eigenvalue weighted by Gasteiger charge is -2.57. The minimum atomic E-state index is -0.837. The molecule has 0 aromatic heterocycles. The van der Waals surface area contributed by atoms with E-state index in [0.29, 0.717) is 18.6 Å². The predicted molar refractivity (Wildman–Crippen MR) is 67.3 cm³/mol. The molecule has 4 fully saturated rings. The zero-order valence-electron chi connectivity index (χ0n) is 11.3. The molecule has 2 saturated heterocycles. The summed E-state index contributed by atoms with van der Waals surface area (Å²) in [5.74, 6) is -0.323. The van der Waals surface area contributed by atoms with Crippen molar-refractivity contribution >= 4 is 5.97 Å². The zero-order chi connectivity index (χ0) is 13.5. The van der Waals surface area contributed by atoms with Crippen molar-refractivity contribution in [2.45, 2.75) is 56.3 Å². The third-order valence-corrected chi connectivity index (χ3v) is 6.14. The Hall–Kier alpha value is -0.870. The minimum absolute atomic E-state index is 0.0373. The lowest BCUT2D eigenvalue weighted by Crippen LogP contribution is -2.64. The number of aliphatic hydroxyl groups is 1. The van der Waals surface area contributed by atoms with Gasteiger partial charge in [-0.2, -0.15) is 0 Å². The molecule has 2 saturated carbocycles. The fraction of sp³-hybridized carbons (Fsp3) is 0.800. The number of carbonyl (C=O) groups excluding carboxylic acids is 1. The van der Waals surface area contributed by atoms with Gasteiger partial charge in [0, 0.05) is 16.9 Å². The molecular weight excluding hydrogens is 244 g/mol. The van der Waals surface area contributed by atoms with E-state index < -0.39 is 5.60 Å². The van der Waals surface area contributed by atoms with Gasteiger partial charge in [0.2, 0.25) is 0 Å². The first-order chi connectivity index (χ1) is 8.91. The summed E-state index contributed by atoms with van der Waals surface area (Å²) in [5, 5.41) is 11.4. The number of hydrogen-bond donors (Lipinski definition) is 1. The summed E-state index contributed by atoms with van der Waals surface area (Å²) < 4.78 is 11.1. The molecule has 1 spiro atoms. The number of rotatable bonds is 0. The maximum absolute atomic E-state index is 11.7. The molecule has 4 nitrogen and oxygen atoms in total. The second-order valence-electron chi connectivity index (χ2n) is 7.04. The summed E-state index contributed by atoms with van der Waals surface area (Å²) in [4.78, 5) is 11.7. The monoisotopic (exact) mass is 264 g/mol. The maximum atomic E-state index is 11.7. The van der Waals surface area contributed by atoms with Crippen LogP contribution in [0.25, 0.3) is 0 Å². The van der Waals surface area contributed by atoms with Gasteiger partial charge in [0.05, 0.1) is 6.61 Å².